The van der Waals surface area contributed by atoms with Crippen molar-refractivity contribution in [2.45, 2.75) is 0 Å². The van der Waals surface area contributed by atoms with Gasteiger partial charge in [-0.15, -0.1) is 0 Å². The summed E-state index contributed by atoms with van der Waals surface area (Å²) in [5, 5.41) is 0.0934. The van der Waals surface area contributed by atoms with Crippen molar-refractivity contribution >= 4 is 33.3 Å². The molecule has 0 saturated heterocycles. The molecule has 0 saturated carbocycles. The van der Waals surface area contributed by atoms with E-state index in [4.69, 9.17) is 22.1 Å². The number of aromatic nitrogens is 2. The number of nitrogens with zero attached hydrogens (tertiary/aromatic N) is 2. The van der Waals surface area contributed by atoms with E-state index in [2.05, 4.69) is 25.9 Å². The maximum atomic E-state index is 13.2. The highest BCUT2D eigenvalue weighted by Crippen LogP contribution is 2.31. The van der Waals surface area contributed by atoms with E-state index in [1.165, 1.54) is 18.5 Å². The smallest absolute Gasteiger partial charge is 0.243 e. The number of nitrogens with two attached hydrogens (primary N) is 1. The molecule has 0 aliphatic heterocycles. The van der Waals surface area contributed by atoms with E-state index in [0.29, 0.717) is 4.47 Å². The Morgan fingerprint density at radius 3 is 2.82 bits per heavy atom. The molecule has 1 aromatic carbocycles. The third kappa shape index (κ3) is 2.65. The van der Waals surface area contributed by atoms with Gasteiger partial charge < -0.3 is 10.5 Å². The van der Waals surface area contributed by atoms with E-state index < -0.39 is 5.82 Å². The van der Waals surface area contributed by atoms with Crippen molar-refractivity contribution in [3.05, 3.63) is 39.8 Å². The van der Waals surface area contributed by atoms with Gasteiger partial charge in [-0.2, -0.15) is 4.98 Å². The average molecular weight is 319 g/mol. The van der Waals surface area contributed by atoms with E-state index in [1.807, 2.05) is 0 Å². The van der Waals surface area contributed by atoms with Gasteiger partial charge in [0.15, 0.2) is 0 Å². The summed E-state index contributed by atoms with van der Waals surface area (Å²) in [6, 6.07) is 4.30. The van der Waals surface area contributed by atoms with Crippen LogP contribution in [-0.2, 0) is 0 Å². The predicted molar refractivity (Wildman–Crippen MR) is 65.6 cm³/mol. The van der Waals surface area contributed by atoms with Gasteiger partial charge in [0.25, 0.3) is 0 Å². The van der Waals surface area contributed by atoms with E-state index >= 15 is 0 Å². The fourth-order valence-corrected chi connectivity index (χ4v) is 1.47. The number of halogens is 3. The molecule has 0 unspecified atom stereocenters. The van der Waals surface area contributed by atoms with E-state index in [1.54, 1.807) is 6.07 Å². The number of rotatable bonds is 2. The van der Waals surface area contributed by atoms with Crippen molar-refractivity contribution in [2.24, 2.45) is 0 Å². The van der Waals surface area contributed by atoms with Gasteiger partial charge in [0.2, 0.25) is 5.88 Å². The molecule has 0 spiro atoms. The van der Waals surface area contributed by atoms with Gasteiger partial charge in [0.1, 0.15) is 28.7 Å². The Morgan fingerprint density at radius 1 is 1.35 bits per heavy atom. The van der Waals surface area contributed by atoms with Gasteiger partial charge >= 0.3 is 0 Å². The zero-order valence-corrected chi connectivity index (χ0v) is 10.7. The molecule has 88 valence electrons. The lowest BCUT2D eigenvalue weighted by Gasteiger charge is -2.07. The highest BCUT2D eigenvalue weighted by Gasteiger charge is 2.10. The Kier molecular flexibility index (Phi) is 3.44. The third-order valence-electron chi connectivity index (χ3n) is 1.89. The normalized spacial score (nSPS) is 10.3. The minimum atomic E-state index is -0.444. The molecule has 0 aliphatic carbocycles. The third-order valence-corrected chi connectivity index (χ3v) is 2.89. The van der Waals surface area contributed by atoms with Gasteiger partial charge in [-0.3, -0.25) is 0 Å². The van der Waals surface area contributed by atoms with Crippen LogP contribution in [0.1, 0.15) is 0 Å². The van der Waals surface area contributed by atoms with Crippen molar-refractivity contribution < 1.29 is 9.13 Å². The van der Waals surface area contributed by atoms with Crippen molar-refractivity contribution in [1.29, 1.82) is 0 Å². The molecular formula is C10H6BrClFN3O. The van der Waals surface area contributed by atoms with Crippen LogP contribution in [0.4, 0.5) is 10.2 Å². The van der Waals surface area contributed by atoms with Gasteiger partial charge in [0.05, 0.1) is 4.47 Å². The molecule has 4 nitrogen and oxygen atoms in total. The number of nitrogen functional groups attached to an aromatic ring is 1. The lowest BCUT2D eigenvalue weighted by Crippen LogP contribution is -1.96. The monoisotopic (exact) mass is 317 g/mol. The molecule has 0 bridgehead atoms. The summed E-state index contributed by atoms with van der Waals surface area (Å²) in [6.45, 7) is 0. The summed E-state index contributed by atoms with van der Waals surface area (Å²) in [7, 11) is 0. The molecule has 0 atom stereocenters. The Balaban J connectivity index is 2.31. The first-order valence-corrected chi connectivity index (χ1v) is 5.64. The standard InChI is InChI=1S/C10H6BrClFN3O/c11-6-2-1-5(3-7(6)13)17-10-8(12)9(14)15-4-16-10/h1-4H,(H2,14,15,16). The molecule has 0 radical (unpaired) electrons. The molecule has 1 aromatic heterocycles. The minimum Gasteiger partial charge on any atom is -0.437 e. The predicted octanol–water partition coefficient (Wildman–Crippen LogP) is 3.41. The quantitative estimate of drug-likeness (QED) is 0.922. The molecule has 0 fully saturated rings. The second kappa shape index (κ2) is 4.85. The summed E-state index contributed by atoms with van der Waals surface area (Å²) in [5.41, 5.74) is 5.48. The van der Waals surface area contributed by atoms with Crippen LogP contribution in [0.3, 0.4) is 0 Å². The Morgan fingerprint density at radius 2 is 2.12 bits per heavy atom. The molecule has 0 amide bonds. The average Bonchev–Trinajstić information content (AvgIpc) is 2.30. The van der Waals surface area contributed by atoms with Crippen LogP contribution in [0, 0.1) is 5.82 Å². The number of hydrogen-bond acceptors (Lipinski definition) is 4. The molecule has 1 heterocycles. The highest BCUT2D eigenvalue weighted by molar-refractivity contribution is 9.10. The Labute approximate surface area is 110 Å². The first kappa shape index (κ1) is 12.1. The van der Waals surface area contributed by atoms with Gasteiger partial charge in [-0.1, -0.05) is 11.6 Å². The van der Waals surface area contributed by atoms with E-state index in [0.717, 1.165) is 0 Å². The van der Waals surface area contributed by atoms with Crippen LogP contribution >= 0.6 is 27.5 Å². The van der Waals surface area contributed by atoms with Crippen molar-refractivity contribution in [3.8, 4) is 11.6 Å². The summed E-state index contributed by atoms with van der Waals surface area (Å²) in [6.07, 6.45) is 1.21. The molecule has 17 heavy (non-hydrogen) atoms. The van der Waals surface area contributed by atoms with E-state index in [-0.39, 0.29) is 22.5 Å². The number of anilines is 1. The second-order valence-corrected chi connectivity index (χ2v) is 4.29. The fourth-order valence-electron chi connectivity index (χ4n) is 1.09. The molecule has 2 aromatic rings. The van der Waals surface area contributed by atoms with Gasteiger partial charge in [0, 0.05) is 6.07 Å². The summed E-state index contributed by atoms with van der Waals surface area (Å²) in [5.74, 6) is 0.0153. The van der Waals surface area contributed by atoms with Gasteiger partial charge in [-0.25, -0.2) is 9.37 Å². The number of ether oxygens (including phenoxy) is 1. The molecule has 2 N–H and O–H groups in total. The second-order valence-electron chi connectivity index (χ2n) is 3.06. The van der Waals surface area contributed by atoms with Crippen LogP contribution in [0.2, 0.25) is 5.02 Å². The summed E-state index contributed by atoms with van der Waals surface area (Å²) < 4.78 is 18.9. The summed E-state index contributed by atoms with van der Waals surface area (Å²) in [4.78, 5) is 7.49. The van der Waals surface area contributed by atoms with Crippen molar-refractivity contribution in [1.82, 2.24) is 9.97 Å². The zero-order chi connectivity index (χ0) is 12.4. The number of benzene rings is 1. The lowest BCUT2D eigenvalue weighted by atomic mass is 10.3. The number of hydrogen-bond donors (Lipinski definition) is 1. The van der Waals surface area contributed by atoms with Crippen LogP contribution < -0.4 is 10.5 Å². The Hall–Kier alpha value is -1.40. The lowest BCUT2D eigenvalue weighted by molar-refractivity contribution is 0.457. The van der Waals surface area contributed by atoms with Crippen LogP contribution in [0.15, 0.2) is 29.0 Å². The maximum absolute atomic E-state index is 13.2. The Bertz CT molecular complexity index is 567. The fraction of sp³-hybridized carbons (Fsp3) is 0. The van der Waals surface area contributed by atoms with E-state index in [9.17, 15) is 4.39 Å². The van der Waals surface area contributed by atoms with Crippen molar-refractivity contribution in [2.75, 3.05) is 5.73 Å². The minimum absolute atomic E-state index is 0.0842. The first-order valence-electron chi connectivity index (χ1n) is 4.47. The molecule has 2 rings (SSSR count). The molecule has 0 aliphatic rings. The van der Waals surface area contributed by atoms with Crippen molar-refractivity contribution in [3.63, 3.8) is 0 Å². The molecular weight excluding hydrogens is 312 g/mol. The zero-order valence-electron chi connectivity index (χ0n) is 8.32. The van der Waals surface area contributed by atoms with Crippen LogP contribution in [-0.4, -0.2) is 9.97 Å². The van der Waals surface area contributed by atoms with Gasteiger partial charge in [-0.05, 0) is 28.1 Å². The largest absolute Gasteiger partial charge is 0.437 e. The highest BCUT2D eigenvalue weighted by atomic mass is 79.9. The SMILES string of the molecule is Nc1ncnc(Oc2ccc(Br)c(F)c2)c1Cl. The van der Waals surface area contributed by atoms with Crippen LogP contribution in [0.25, 0.3) is 0 Å². The molecule has 7 heteroatoms. The topological polar surface area (TPSA) is 61.0 Å². The maximum Gasteiger partial charge on any atom is 0.243 e. The first-order chi connectivity index (χ1) is 8.08. The van der Waals surface area contributed by atoms with Crippen LogP contribution in [0.5, 0.6) is 11.6 Å². The summed E-state index contributed by atoms with van der Waals surface area (Å²) >= 11 is 8.87.